The Morgan fingerprint density at radius 3 is 2.51 bits per heavy atom. The van der Waals surface area contributed by atoms with Gasteiger partial charge in [0.05, 0.1) is 12.5 Å². The van der Waals surface area contributed by atoms with Gasteiger partial charge in [-0.25, -0.2) is 4.39 Å². The van der Waals surface area contributed by atoms with E-state index in [-0.39, 0.29) is 36.4 Å². The molecule has 0 aromatic carbocycles. The maximum Gasteiger partial charge on any atom is 0.308 e. The van der Waals surface area contributed by atoms with Crippen LogP contribution in [0.3, 0.4) is 0 Å². The highest BCUT2D eigenvalue weighted by atomic mass is 19.1. The Labute approximate surface area is 207 Å². The third-order valence-electron chi connectivity index (χ3n) is 10.6. The second-order valence-electron chi connectivity index (χ2n) is 12.3. The third-order valence-corrected chi connectivity index (χ3v) is 10.6. The third kappa shape index (κ3) is 3.66. The van der Waals surface area contributed by atoms with Gasteiger partial charge in [-0.3, -0.25) is 14.4 Å². The lowest BCUT2D eigenvalue weighted by Gasteiger charge is -2.63. The average Bonchev–Trinajstić information content (AvgIpc) is 3.02. The Morgan fingerprint density at radius 2 is 1.86 bits per heavy atom. The van der Waals surface area contributed by atoms with Crippen LogP contribution in [0.4, 0.5) is 4.39 Å². The number of hydrogen-bond donors (Lipinski definition) is 2. The van der Waals surface area contributed by atoms with E-state index in [0.29, 0.717) is 38.5 Å². The van der Waals surface area contributed by atoms with Crippen molar-refractivity contribution in [3.63, 3.8) is 0 Å². The summed E-state index contributed by atoms with van der Waals surface area (Å²) in [5, 5.41) is 21.6. The number of allylic oxidation sites excluding steroid dienone is 1. The molecule has 3 saturated carbocycles. The molecule has 9 atom stereocenters. The largest absolute Gasteiger partial charge is 0.457 e. The molecule has 4 aliphatic carbocycles. The van der Waals surface area contributed by atoms with E-state index in [1.165, 1.54) is 0 Å². The van der Waals surface area contributed by atoms with Crippen LogP contribution in [-0.4, -0.2) is 51.7 Å². The van der Waals surface area contributed by atoms with E-state index < -0.39 is 52.5 Å². The van der Waals surface area contributed by atoms with Crippen molar-refractivity contribution < 1.29 is 33.7 Å². The molecule has 4 rings (SSSR count). The minimum atomic E-state index is -1.72. The topological polar surface area (TPSA) is 101 Å². The molecule has 35 heavy (non-hydrogen) atoms. The van der Waals surface area contributed by atoms with Crippen LogP contribution in [0.1, 0.15) is 86.0 Å². The highest BCUT2D eigenvalue weighted by molar-refractivity contribution is 5.92. The zero-order chi connectivity index (χ0) is 26.0. The number of carbonyl (C=O) groups is 3. The molecule has 0 aliphatic heterocycles. The summed E-state index contributed by atoms with van der Waals surface area (Å²) < 4.78 is 22.4. The number of halogens is 1. The van der Waals surface area contributed by atoms with E-state index in [4.69, 9.17) is 4.74 Å². The molecular formula is C28H41FO6. The van der Waals surface area contributed by atoms with Gasteiger partial charge in [-0.05, 0) is 68.3 Å². The summed E-state index contributed by atoms with van der Waals surface area (Å²) in [7, 11) is 0. The molecule has 4 aliphatic rings. The van der Waals surface area contributed by atoms with Crippen molar-refractivity contribution in [1.82, 2.24) is 0 Å². The number of aliphatic hydroxyl groups is 2. The number of aliphatic hydroxyl groups excluding tert-OH is 1. The number of alkyl halides is 1. The standard InChI is InChI=1S/C28H41FO6/c1-6-18(30)14-24(33)35-15-23(32)28(34)17(3)12-21-22-11-16(2)20-13-19(31)7-8-25(20,4)27(22,29)10-9-26(21,28)5/h13,16-18,21-22,30,34H,6-12,14-15H2,1-5H3/t16-,17-,18?,21-,22-,25-,26-,27+,28-/m0/s1. The van der Waals surface area contributed by atoms with Crippen molar-refractivity contribution in [2.45, 2.75) is 103 Å². The Morgan fingerprint density at radius 1 is 1.17 bits per heavy atom. The second kappa shape index (κ2) is 8.76. The summed E-state index contributed by atoms with van der Waals surface area (Å²) >= 11 is 0. The van der Waals surface area contributed by atoms with Crippen molar-refractivity contribution >= 4 is 17.5 Å². The van der Waals surface area contributed by atoms with E-state index in [1.54, 1.807) is 13.0 Å². The van der Waals surface area contributed by atoms with E-state index in [1.807, 2.05) is 20.8 Å². The fourth-order valence-electron chi connectivity index (χ4n) is 8.43. The average molecular weight is 493 g/mol. The fourth-order valence-corrected chi connectivity index (χ4v) is 8.43. The number of Topliss-reactive ketones (excluding diaryl/α,β-unsaturated/α-hetero) is 1. The quantitative estimate of drug-likeness (QED) is 0.541. The fraction of sp³-hybridized carbons (Fsp3) is 0.821. The van der Waals surface area contributed by atoms with Gasteiger partial charge in [0.25, 0.3) is 0 Å². The molecule has 0 aromatic heterocycles. The molecule has 0 saturated heterocycles. The molecule has 0 heterocycles. The van der Waals surface area contributed by atoms with E-state index in [0.717, 1.165) is 5.57 Å². The van der Waals surface area contributed by atoms with Gasteiger partial charge in [-0.1, -0.05) is 40.2 Å². The number of hydrogen-bond acceptors (Lipinski definition) is 6. The van der Waals surface area contributed by atoms with Crippen LogP contribution in [-0.2, 0) is 19.1 Å². The lowest BCUT2D eigenvalue weighted by molar-refractivity contribution is -0.192. The van der Waals surface area contributed by atoms with Gasteiger partial charge in [0.15, 0.2) is 12.4 Å². The first-order chi connectivity index (χ1) is 16.2. The van der Waals surface area contributed by atoms with E-state index >= 15 is 4.39 Å². The second-order valence-corrected chi connectivity index (χ2v) is 12.3. The van der Waals surface area contributed by atoms with Gasteiger partial charge < -0.3 is 14.9 Å². The molecule has 3 fully saturated rings. The molecule has 2 N–H and O–H groups in total. The van der Waals surface area contributed by atoms with Crippen LogP contribution < -0.4 is 0 Å². The van der Waals surface area contributed by atoms with Crippen LogP contribution in [0.15, 0.2) is 11.6 Å². The number of esters is 1. The molecule has 196 valence electrons. The summed E-state index contributed by atoms with van der Waals surface area (Å²) in [6.07, 6.45) is 3.60. The van der Waals surface area contributed by atoms with Gasteiger partial charge in [-0.2, -0.15) is 0 Å². The van der Waals surface area contributed by atoms with Gasteiger partial charge >= 0.3 is 5.97 Å². The SMILES string of the molecule is CCC(O)CC(=O)OCC(=O)[C@@]1(O)[C@@H](C)C[C@H]2[C@@H]3C[C@H](C)C4=CC(=O)CC[C@]4(C)[C@@]3(F)CC[C@@]21C. The minimum Gasteiger partial charge on any atom is -0.457 e. The van der Waals surface area contributed by atoms with Gasteiger partial charge in [-0.15, -0.1) is 0 Å². The highest BCUT2D eigenvalue weighted by Gasteiger charge is 2.73. The van der Waals surface area contributed by atoms with Crippen LogP contribution in [0, 0.1) is 34.5 Å². The predicted octanol–water partition coefficient (Wildman–Crippen LogP) is 4.11. The van der Waals surface area contributed by atoms with E-state index in [9.17, 15) is 24.6 Å². The number of fused-ring (bicyclic) bond motifs is 5. The lowest BCUT2D eigenvalue weighted by Crippen LogP contribution is -2.65. The minimum absolute atomic E-state index is 0.0612. The van der Waals surface area contributed by atoms with Crippen molar-refractivity contribution in [3.05, 3.63) is 11.6 Å². The van der Waals surface area contributed by atoms with Crippen LogP contribution in [0.5, 0.6) is 0 Å². The Hall–Kier alpha value is -1.60. The number of carbonyl (C=O) groups excluding carboxylic acids is 3. The maximum absolute atomic E-state index is 17.2. The predicted molar refractivity (Wildman–Crippen MR) is 128 cm³/mol. The normalized spacial score (nSPS) is 45.6. The molecule has 7 heteroatoms. The Bertz CT molecular complexity index is 946. The van der Waals surface area contributed by atoms with Gasteiger partial charge in [0.1, 0.15) is 11.3 Å². The summed E-state index contributed by atoms with van der Waals surface area (Å²) in [6, 6.07) is 0. The monoisotopic (exact) mass is 492 g/mol. The highest BCUT2D eigenvalue weighted by Crippen LogP contribution is 2.71. The van der Waals surface area contributed by atoms with Crippen LogP contribution in [0.25, 0.3) is 0 Å². The maximum atomic E-state index is 17.2. The first-order valence-corrected chi connectivity index (χ1v) is 13.3. The van der Waals surface area contributed by atoms with Crippen molar-refractivity contribution in [3.8, 4) is 0 Å². The number of rotatable bonds is 6. The van der Waals surface area contributed by atoms with Gasteiger partial charge in [0.2, 0.25) is 5.78 Å². The molecular weight excluding hydrogens is 451 g/mol. The summed E-state index contributed by atoms with van der Waals surface area (Å²) in [5.74, 6) is -2.00. The first-order valence-electron chi connectivity index (χ1n) is 13.3. The molecule has 0 aromatic rings. The molecule has 0 spiro atoms. The zero-order valence-electron chi connectivity index (χ0n) is 21.7. The molecule has 0 radical (unpaired) electrons. The number of ketones is 2. The van der Waals surface area contributed by atoms with Gasteiger partial charge in [0, 0.05) is 17.3 Å². The van der Waals surface area contributed by atoms with Crippen molar-refractivity contribution in [1.29, 1.82) is 0 Å². The Balaban J connectivity index is 1.61. The molecule has 0 amide bonds. The zero-order valence-corrected chi connectivity index (χ0v) is 21.7. The molecule has 6 nitrogen and oxygen atoms in total. The smallest absolute Gasteiger partial charge is 0.308 e. The van der Waals surface area contributed by atoms with Crippen LogP contribution in [0.2, 0.25) is 0 Å². The molecule has 0 bridgehead atoms. The Kier molecular flexibility index (Phi) is 6.62. The summed E-state index contributed by atoms with van der Waals surface area (Å²) in [6.45, 7) is 8.97. The van der Waals surface area contributed by atoms with Crippen LogP contribution >= 0.6 is 0 Å². The first kappa shape index (κ1) is 26.5. The summed E-state index contributed by atoms with van der Waals surface area (Å²) in [5.41, 5.74) is -3.83. The van der Waals surface area contributed by atoms with E-state index in [2.05, 4.69) is 6.92 Å². The van der Waals surface area contributed by atoms with Crippen molar-refractivity contribution in [2.24, 2.45) is 34.5 Å². The lowest BCUT2D eigenvalue weighted by atomic mass is 9.43. The molecule has 1 unspecified atom stereocenters. The number of ether oxygens (including phenoxy) is 1. The van der Waals surface area contributed by atoms with Crippen molar-refractivity contribution in [2.75, 3.05) is 6.61 Å². The summed E-state index contributed by atoms with van der Waals surface area (Å²) in [4.78, 5) is 37.6.